The monoisotopic (exact) mass is 450 g/mol. The van der Waals surface area contributed by atoms with Gasteiger partial charge in [0.25, 0.3) is 5.91 Å². The summed E-state index contributed by atoms with van der Waals surface area (Å²) in [6.45, 7) is 4.94. The lowest BCUT2D eigenvalue weighted by Gasteiger charge is -2.43. The summed E-state index contributed by atoms with van der Waals surface area (Å²) in [5, 5.41) is 3.00. The summed E-state index contributed by atoms with van der Waals surface area (Å²) in [6, 6.07) is 12.5. The van der Waals surface area contributed by atoms with Crippen LogP contribution in [0.5, 0.6) is 11.5 Å². The van der Waals surface area contributed by atoms with E-state index in [4.69, 9.17) is 14.2 Å². The van der Waals surface area contributed by atoms with Gasteiger partial charge in [-0.15, -0.1) is 0 Å². The first kappa shape index (κ1) is 21.8. The van der Waals surface area contributed by atoms with Crippen molar-refractivity contribution >= 4 is 11.8 Å². The van der Waals surface area contributed by atoms with Gasteiger partial charge < -0.3 is 19.5 Å². The van der Waals surface area contributed by atoms with Gasteiger partial charge in [-0.1, -0.05) is 30.7 Å². The minimum Gasteiger partial charge on any atom is -0.454 e. The number of rotatable bonds is 4. The number of aryl methyl sites for hydroxylation is 1. The molecule has 2 amide bonds. The Balaban J connectivity index is 1.36. The zero-order valence-electron chi connectivity index (χ0n) is 19.1. The molecular formula is C26H30N2O5. The Morgan fingerprint density at radius 1 is 1.09 bits per heavy atom. The van der Waals surface area contributed by atoms with Crippen molar-refractivity contribution in [3.63, 3.8) is 0 Å². The van der Waals surface area contributed by atoms with Crippen molar-refractivity contribution in [3.05, 3.63) is 59.2 Å². The maximum Gasteiger partial charge on any atom is 0.256 e. The van der Waals surface area contributed by atoms with Crippen LogP contribution in [0.4, 0.5) is 0 Å². The quantitative estimate of drug-likeness (QED) is 0.767. The van der Waals surface area contributed by atoms with E-state index in [-0.39, 0.29) is 25.2 Å². The largest absolute Gasteiger partial charge is 0.454 e. The highest BCUT2D eigenvalue weighted by Gasteiger charge is 2.53. The molecule has 0 radical (unpaired) electrons. The third-order valence-corrected chi connectivity index (χ3v) is 7.01. The van der Waals surface area contributed by atoms with E-state index in [1.807, 2.05) is 49.4 Å². The molecule has 0 bridgehead atoms. The molecule has 1 aliphatic carbocycles. The van der Waals surface area contributed by atoms with E-state index >= 15 is 0 Å². The van der Waals surface area contributed by atoms with Crippen molar-refractivity contribution in [3.8, 4) is 11.5 Å². The molecule has 0 aromatic heterocycles. The Morgan fingerprint density at radius 2 is 1.88 bits per heavy atom. The Morgan fingerprint density at radius 3 is 2.67 bits per heavy atom. The van der Waals surface area contributed by atoms with Gasteiger partial charge in [0.2, 0.25) is 12.7 Å². The molecule has 5 rings (SSSR count). The van der Waals surface area contributed by atoms with E-state index < -0.39 is 11.8 Å². The van der Waals surface area contributed by atoms with Crippen molar-refractivity contribution < 1.29 is 23.8 Å². The van der Waals surface area contributed by atoms with Gasteiger partial charge in [0.05, 0.1) is 6.61 Å². The summed E-state index contributed by atoms with van der Waals surface area (Å²) in [5.41, 5.74) is 1.79. The SMILES string of the molecule is Cc1cccc(C(=O)N2C(C(=O)NCc3ccc4c(c3)OCO4)COC23CCC(C)CC3)c1. The van der Waals surface area contributed by atoms with Crippen LogP contribution in [0.3, 0.4) is 0 Å². The van der Waals surface area contributed by atoms with Gasteiger partial charge in [-0.25, -0.2) is 0 Å². The smallest absolute Gasteiger partial charge is 0.256 e. The van der Waals surface area contributed by atoms with Gasteiger partial charge >= 0.3 is 0 Å². The minimum atomic E-state index is -0.714. The fourth-order valence-corrected chi connectivity index (χ4v) is 5.06. The van der Waals surface area contributed by atoms with Crippen LogP contribution in [0.25, 0.3) is 0 Å². The first-order valence-corrected chi connectivity index (χ1v) is 11.7. The van der Waals surface area contributed by atoms with Crippen molar-refractivity contribution in [2.24, 2.45) is 5.92 Å². The van der Waals surface area contributed by atoms with E-state index in [2.05, 4.69) is 12.2 Å². The van der Waals surface area contributed by atoms with E-state index in [0.29, 0.717) is 29.5 Å². The molecule has 2 aliphatic heterocycles. The number of nitrogens with one attached hydrogen (secondary N) is 1. The summed E-state index contributed by atoms with van der Waals surface area (Å²) in [6.07, 6.45) is 3.45. The van der Waals surface area contributed by atoms with Gasteiger partial charge in [0.1, 0.15) is 11.8 Å². The van der Waals surface area contributed by atoms with Crippen LogP contribution in [0, 0.1) is 12.8 Å². The molecule has 1 unspecified atom stereocenters. The number of hydrogen-bond donors (Lipinski definition) is 1. The van der Waals surface area contributed by atoms with Gasteiger partial charge in [0, 0.05) is 12.1 Å². The maximum atomic E-state index is 13.7. The normalized spacial score (nSPS) is 25.9. The molecule has 2 aromatic rings. The number of amides is 2. The number of fused-ring (bicyclic) bond motifs is 1. The molecule has 1 saturated carbocycles. The molecular weight excluding hydrogens is 420 g/mol. The summed E-state index contributed by atoms with van der Waals surface area (Å²) >= 11 is 0. The van der Waals surface area contributed by atoms with Crippen LogP contribution < -0.4 is 14.8 Å². The first-order chi connectivity index (χ1) is 15.9. The fourth-order valence-electron chi connectivity index (χ4n) is 5.06. The van der Waals surface area contributed by atoms with Crippen LogP contribution in [0.1, 0.15) is 54.1 Å². The molecule has 1 spiro atoms. The highest BCUT2D eigenvalue weighted by molar-refractivity contribution is 5.98. The van der Waals surface area contributed by atoms with Crippen molar-refractivity contribution in [1.29, 1.82) is 0 Å². The third kappa shape index (κ3) is 4.17. The molecule has 2 fully saturated rings. The average Bonchev–Trinajstić information content (AvgIpc) is 3.43. The first-order valence-electron chi connectivity index (χ1n) is 11.7. The highest BCUT2D eigenvalue weighted by Crippen LogP contribution is 2.43. The molecule has 2 aromatic carbocycles. The Kier molecular flexibility index (Phi) is 5.74. The van der Waals surface area contributed by atoms with Crippen molar-refractivity contribution in [2.75, 3.05) is 13.4 Å². The highest BCUT2D eigenvalue weighted by atomic mass is 16.7. The lowest BCUT2D eigenvalue weighted by atomic mass is 9.83. The van der Waals surface area contributed by atoms with E-state index in [1.165, 1.54) is 0 Å². The molecule has 1 N–H and O–H groups in total. The van der Waals surface area contributed by atoms with Gasteiger partial charge in [-0.05, 0) is 68.4 Å². The second-order valence-corrected chi connectivity index (χ2v) is 9.41. The van der Waals surface area contributed by atoms with Crippen LogP contribution >= 0.6 is 0 Å². The molecule has 174 valence electrons. The second kappa shape index (κ2) is 8.71. The number of hydrogen-bond acceptors (Lipinski definition) is 5. The zero-order chi connectivity index (χ0) is 23.0. The van der Waals surface area contributed by atoms with Crippen molar-refractivity contribution in [1.82, 2.24) is 10.2 Å². The predicted molar refractivity (Wildman–Crippen MR) is 122 cm³/mol. The lowest BCUT2D eigenvalue weighted by molar-refractivity contribution is -0.128. The van der Waals surface area contributed by atoms with E-state index in [9.17, 15) is 9.59 Å². The molecule has 1 atom stereocenters. The molecule has 7 nitrogen and oxygen atoms in total. The minimum absolute atomic E-state index is 0.144. The summed E-state index contributed by atoms with van der Waals surface area (Å²) in [4.78, 5) is 28.7. The summed E-state index contributed by atoms with van der Waals surface area (Å²) in [7, 11) is 0. The van der Waals surface area contributed by atoms with Crippen LogP contribution in [0.2, 0.25) is 0 Å². The Bertz CT molecular complexity index is 1060. The number of ether oxygens (including phenoxy) is 3. The van der Waals surface area contributed by atoms with Gasteiger partial charge in [-0.2, -0.15) is 0 Å². The maximum absolute atomic E-state index is 13.7. The van der Waals surface area contributed by atoms with E-state index in [1.54, 1.807) is 4.90 Å². The summed E-state index contributed by atoms with van der Waals surface area (Å²) < 4.78 is 17.1. The topological polar surface area (TPSA) is 77.1 Å². The average molecular weight is 451 g/mol. The van der Waals surface area contributed by atoms with Crippen LogP contribution in [-0.2, 0) is 16.1 Å². The molecule has 3 aliphatic rings. The molecule has 7 heteroatoms. The molecule has 1 saturated heterocycles. The van der Waals surface area contributed by atoms with Gasteiger partial charge in [0.15, 0.2) is 11.5 Å². The number of carbonyl (C=O) groups excluding carboxylic acids is 2. The Labute approximate surface area is 194 Å². The second-order valence-electron chi connectivity index (χ2n) is 9.41. The predicted octanol–water partition coefficient (Wildman–Crippen LogP) is 3.79. The zero-order valence-corrected chi connectivity index (χ0v) is 19.1. The lowest BCUT2D eigenvalue weighted by Crippen LogP contribution is -2.56. The number of nitrogens with zero attached hydrogens (tertiary/aromatic N) is 1. The third-order valence-electron chi connectivity index (χ3n) is 7.01. The number of carbonyl (C=O) groups is 2. The Hall–Kier alpha value is -3.06. The van der Waals surface area contributed by atoms with Crippen LogP contribution in [0.15, 0.2) is 42.5 Å². The van der Waals surface area contributed by atoms with Crippen LogP contribution in [-0.4, -0.2) is 41.9 Å². The van der Waals surface area contributed by atoms with E-state index in [0.717, 1.165) is 36.8 Å². The standard InChI is InChI=1S/C26H30N2O5/c1-17-8-10-26(11-9-17)28(25(30)20-5-3-4-18(2)12-20)21(15-33-26)24(29)27-14-19-6-7-22-23(13-19)32-16-31-22/h3-7,12-13,17,21H,8-11,14-16H2,1-2H3,(H,27,29). The number of benzene rings is 2. The molecule has 2 heterocycles. The fraction of sp³-hybridized carbons (Fsp3) is 0.462. The van der Waals surface area contributed by atoms with Gasteiger partial charge in [-0.3, -0.25) is 14.5 Å². The molecule has 33 heavy (non-hydrogen) atoms. The van der Waals surface area contributed by atoms with Crippen molar-refractivity contribution in [2.45, 2.75) is 57.8 Å². The summed E-state index contributed by atoms with van der Waals surface area (Å²) in [5.74, 6) is 1.63.